The number of aromatic amines is 1. The summed E-state index contributed by atoms with van der Waals surface area (Å²) in [6, 6.07) is 1.01. The highest BCUT2D eigenvalue weighted by molar-refractivity contribution is 5.26. The Morgan fingerprint density at radius 1 is 1.64 bits per heavy atom. The number of aromatic nitrogens is 1. The lowest BCUT2D eigenvalue weighted by molar-refractivity contribution is 0.140. The first-order valence-corrected chi connectivity index (χ1v) is 3.79. The minimum atomic E-state index is -2.85. The van der Waals surface area contributed by atoms with Gasteiger partial charge in [-0.15, -0.1) is 0 Å². The average molecular weight is 205 g/mol. The van der Waals surface area contributed by atoms with E-state index >= 15 is 0 Å². The van der Waals surface area contributed by atoms with Crippen LogP contribution in [0.3, 0.4) is 0 Å². The molecular weight excluding hydrogens is 196 g/mol. The number of alkyl halides is 2. The van der Waals surface area contributed by atoms with E-state index in [9.17, 15) is 13.6 Å². The van der Waals surface area contributed by atoms with Crippen molar-refractivity contribution in [1.82, 2.24) is 4.98 Å². The maximum atomic E-state index is 12.4. The second-order valence-corrected chi connectivity index (χ2v) is 2.55. The second-order valence-electron chi connectivity index (χ2n) is 2.55. The SMILES string of the molecule is COc1cc(=O)c(CO)c(C(F)F)[nH]1. The highest BCUT2D eigenvalue weighted by Crippen LogP contribution is 2.20. The molecule has 0 aliphatic heterocycles. The Morgan fingerprint density at radius 3 is 2.71 bits per heavy atom. The van der Waals surface area contributed by atoms with E-state index in [2.05, 4.69) is 9.72 Å². The molecule has 0 fully saturated rings. The predicted octanol–water partition coefficient (Wildman–Crippen LogP) is 0.813. The van der Waals surface area contributed by atoms with Crippen molar-refractivity contribution in [1.29, 1.82) is 0 Å². The van der Waals surface area contributed by atoms with Crippen molar-refractivity contribution in [2.75, 3.05) is 7.11 Å². The van der Waals surface area contributed by atoms with Gasteiger partial charge in [-0.1, -0.05) is 0 Å². The molecule has 1 rings (SSSR count). The summed E-state index contributed by atoms with van der Waals surface area (Å²) in [4.78, 5) is 13.4. The van der Waals surface area contributed by atoms with Crippen LogP contribution in [0.1, 0.15) is 17.7 Å². The molecule has 6 heteroatoms. The summed E-state index contributed by atoms with van der Waals surface area (Å²) in [7, 11) is 1.25. The third-order valence-electron chi connectivity index (χ3n) is 1.74. The van der Waals surface area contributed by atoms with E-state index in [1.165, 1.54) is 7.11 Å². The average Bonchev–Trinajstić information content (AvgIpc) is 2.16. The lowest BCUT2D eigenvalue weighted by Crippen LogP contribution is -2.14. The molecule has 0 amide bonds. The Hall–Kier alpha value is -1.43. The maximum absolute atomic E-state index is 12.4. The third kappa shape index (κ3) is 1.90. The molecule has 0 aliphatic rings. The minimum Gasteiger partial charge on any atom is -0.482 e. The van der Waals surface area contributed by atoms with Crippen LogP contribution >= 0.6 is 0 Å². The molecule has 4 nitrogen and oxygen atoms in total. The molecule has 0 radical (unpaired) electrons. The van der Waals surface area contributed by atoms with Gasteiger partial charge in [0.05, 0.1) is 25.0 Å². The van der Waals surface area contributed by atoms with Gasteiger partial charge in [0.15, 0.2) is 11.3 Å². The fourth-order valence-electron chi connectivity index (χ4n) is 1.04. The minimum absolute atomic E-state index is 0.0532. The molecule has 1 aromatic rings. The monoisotopic (exact) mass is 205 g/mol. The van der Waals surface area contributed by atoms with Crippen LogP contribution in [0.4, 0.5) is 8.78 Å². The van der Waals surface area contributed by atoms with Crippen LogP contribution in [0, 0.1) is 0 Å². The standard InChI is InChI=1S/C8H9F2NO3/c1-14-6-2-5(13)4(3-12)7(11-6)8(9)10/h2,8,12H,3H2,1H3,(H,11,13). The van der Waals surface area contributed by atoms with Crippen LogP contribution in [0.2, 0.25) is 0 Å². The van der Waals surface area contributed by atoms with Gasteiger partial charge in [0, 0.05) is 6.07 Å². The summed E-state index contributed by atoms with van der Waals surface area (Å²) in [5.74, 6) is -0.0532. The van der Waals surface area contributed by atoms with Crippen LogP contribution in [0.25, 0.3) is 0 Å². The molecule has 1 heterocycles. The highest BCUT2D eigenvalue weighted by Gasteiger charge is 2.17. The van der Waals surface area contributed by atoms with Crippen molar-refractivity contribution >= 4 is 0 Å². The zero-order chi connectivity index (χ0) is 10.7. The number of H-pyrrole nitrogens is 1. The van der Waals surface area contributed by atoms with Gasteiger partial charge in [-0.25, -0.2) is 8.78 Å². The molecule has 78 valence electrons. The smallest absolute Gasteiger partial charge is 0.278 e. The molecular formula is C8H9F2NO3. The Labute approximate surface area is 78.1 Å². The fraction of sp³-hybridized carbons (Fsp3) is 0.375. The third-order valence-corrected chi connectivity index (χ3v) is 1.74. The van der Waals surface area contributed by atoms with Crippen molar-refractivity contribution in [2.24, 2.45) is 0 Å². The van der Waals surface area contributed by atoms with E-state index in [4.69, 9.17) is 5.11 Å². The molecule has 0 atom stereocenters. The lowest BCUT2D eigenvalue weighted by atomic mass is 10.2. The van der Waals surface area contributed by atoms with Crippen molar-refractivity contribution in [3.63, 3.8) is 0 Å². The Kier molecular flexibility index (Phi) is 3.19. The number of halogens is 2. The number of ether oxygens (including phenoxy) is 1. The molecule has 0 spiro atoms. The summed E-state index contributed by atoms with van der Waals surface area (Å²) in [6.07, 6.45) is -2.85. The maximum Gasteiger partial charge on any atom is 0.278 e. The number of pyridine rings is 1. The summed E-state index contributed by atoms with van der Waals surface area (Å²) in [5.41, 5.74) is -1.60. The zero-order valence-corrected chi connectivity index (χ0v) is 7.38. The van der Waals surface area contributed by atoms with Crippen LogP contribution < -0.4 is 10.2 Å². The molecule has 0 saturated heterocycles. The first-order chi connectivity index (χ1) is 6.60. The van der Waals surface area contributed by atoms with Gasteiger partial charge in [-0.2, -0.15) is 0 Å². The summed E-state index contributed by atoms with van der Waals surface area (Å²) in [6.45, 7) is -0.723. The Bertz CT molecular complexity index is 375. The number of methoxy groups -OCH3 is 1. The highest BCUT2D eigenvalue weighted by atomic mass is 19.3. The molecule has 2 N–H and O–H groups in total. The Balaban J connectivity index is 3.36. The molecule has 0 aromatic carbocycles. The molecule has 1 aromatic heterocycles. The molecule has 14 heavy (non-hydrogen) atoms. The number of aliphatic hydroxyl groups is 1. The van der Waals surface area contributed by atoms with Crippen molar-refractivity contribution < 1.29 is 18.6 Å². The molecule has 0 saturated carbocycles. The van der Waals surface area contributed by atoms with E-state index in [1.807, 2.05) is 0 Å². The normalized spacial score (nSPS) is 10.6. The summed E-state index contributed by atoms with van der Waals surface area (Å²) in [5, 5.41) is 8.72. The van der Waals surface area contributed by atoms with Crippen molar-refractivity contribution in [3.05, 3.63) is 27.5 Å². The van der Waals surface area contributed by atoms with Gasteiger partial charge < -0.3 is 14.8 Å². The van der Waals surface area contributed by atoms with E-state index in [1.54, 1.807) is 0 Å². The fourth-order valence-corrected chi connectivity index (χ4v) is 1.04. The van der Waals surface area contributed by atoms with E-state index in [0.29, 0.717) is 0 Å². The van der Waals surface area contributed by atoms with Crippen LogP contribution in [-0.2, 0) is 6.61 Å². The van der Waals surface area contributed by atoms with Gasteiger partial charge in [0.2, 0.25) is 0 Å². The molecule has 0 unspecified atom stereocenters. The zero-order valence-electron chi connectivity index (χ0n) is 7.38. The number of aliphatic hydroxyl groups excluding tert-OH is 1. The van der Waals surface area contributed by atoms with Gasteiger partial charge in [-0.05, 0) is 0 Å². The Morgan fingerprint density at radius 2 is 2.29 bits per heavy atom. The molecule has 0 bridgehead atoms. The number of hydrogen-bond acceptors (Lipinski definition) is 3. The first kappa shape index (κ1) is 10.6. The van der Waals surface area contributed by atoms with Gasteiger partial charge in [0.25, 0.3) is 6.43 Å². The summed E-state index contributed by atoms with van der Waals surface area (Å²) < 4.78 is 29.4. The van der Waals surface area contributed by atoms with Crippen LogP contribution in [-0.4, -0.2) is 17.2 Å². The topological polar surface area (TPSA) is 62.3 Å². The molecule has 0 aliphatic carbocycles. The first-order valence-electron chi connectivity index (χ1n) is 3.79. The second kappa shape index (κ2) is 4.19. The number of hydrogen-bond donors (Lipinski definition) is 2. The van der Waals surface area contributed by atoms with E-state index < -0.39 is 24.2 Å². The quantitative estimate of drug-likeness (QED) is 0.767. The predicted molar refractivity (Wildman–Crippen MR) is 44.5 cm³/mol. The van der Waals surface area contributed by atoms with E-state index in [0.717, 1.165) is 6.07 Å². The van der Waals surface area contributed by atoms with Gasteiger partial charge in [-0.3, -0.25) is 4.79 Å². The van der Waals surface area contributed by atoms with Crippen molar-refractivity contribution in [2.45, 2.75) is 13.0 Å². The number of nitrogens with one attached hydrogen (secondary N) is 1. The van der Waals surface area contributed by atoms with E-state index in [-0.39, 0.29) is 11.4 Å². The lowest BCUT2D eigenvalue weighted by Gasteiger charge is -2.08. The number of rotatable bonds is 3. The van der Waals surface area contributed by atoms with Crippen LogP contribution in [0.5, 0.6) is 5.88 Å². The van der Waals surface area contributed by atoms with Gasteiger partial charge in [0.1, 0.15) is 0 Å². The van der Waals surface area contributed by atoms with Gasteiger partial charge >= 0.3 is 0 Å². The summed E-state index contributed by atoms with van der Waals surface area (Å²) >= 11 is 0. The van der Waals surface area contributed by atoms with Crippen LogP contribution in [0.15, 0.2) is 10.9 Å². The largest absolute Gasteiger partial charge is 0.482 e. The van der Waals surface area contributed by atoms with Crippen molar-refractivity contribution in [3.8, 4) is 5.88 Å².